The Morgan fingerprint density at radius 2 is 2.11 bits per heavy atom. The van der Waals surface area contributed by atoms with Gasteiger partial charge in [0.25, 0.3) is 5.69 Å². The number of rotatable bonds is 6. The summed E-state index contributed by atoms with van der Waals surface area (Å²) in [6.45, 7) is 1.23. The molecular formula is C15H14ClF3N4O4. The van der Waals surface area contributed by atoms with E-state index in [-0.39, 0.29) is 35.8 Å². The van der Waals surface area contributed by atoms with E-state index in [2.05, 4.69) is 10.4 Å². The zero-order valence-electron chi connectivity index (χ0n) is 14.1. The topological polar surface area (TPSA) is 99.3 Å². The van der Waals surface area contributed by atoms with Crippen molar-refractivity contribution in [3.8, 4) is 5.75 Å². The van der Waals surface area contributed by atoms with Gasteiger partial charge in [-0.3, -0.25) is 19.6 Å². The van der Waals surface area contributed by atoms with E-state index < -0.39 is 27.7 Å². The maximum atomic E-state index is 12.8. The van der Waals surface area contributed by atoms with Gasteiger partial charge >= 0.3 is 6.18 Å². The van der Waals surface area contributed by atoms with Gasteiger partial charge in [0.15, 0.2) is 5.69 Å². The van der Waals surface area contributed by atoms with Gasteiger partial charge in [-0.2, -0.15) is 18.3 Å². The predicted molar refractivity (Wildman–Crippen MR) is 89.9 cm³/mol. The number of aromatic nitrogens is 2. The monoisotopic (exact) mass is 406 g/mol. The van der Waals surface area contributed by atoms with Gasteiger partial charge in [-0.15, -0.1) is 0 Å². The summed E-state index contributed by atoms with van der Waals surface area (Å²) in [4.78, 5) is 22.2. The number of nitrogens with zero attached hydrogens (tertiary/aromatic N) is 3. The molecule has 0 radical (unpaired) electrons. The molecule has 0 spiro atoms. The van der Waals surface area contributed by atoms with Crippen LogP contribution in [0.2, 0.25) is 5.02 Å². The summed E-state index contributed by atoms with van der Waals surface area (Å²) in [7, 11) is 1.28. The van der Waals surface area contributed by atoms with E-state index in [4.69, 9.17) is 16.3 Å². The number of carbonyl (C=O) groups is 1. The first-order valence-electron chi connectivity index (χ1n) is 7.47. The maximum Gasteiger partial charge on any atom is 0.436 e. The molecule has 0 aliphatic rings. The number of methoxy groups -OCH3 is 1. The van der Waals surface area contributed by atoms with Crippen molar-refractivity contribution in [2.24, 2.45) is 0 Å². The van der Waals surface area contributed by atoms with Gasteiger partial charge in [-0.1, -0.05) is 11.6 Å². The molecule has 0 unspecified atom stereocenters. The van der Waals surface area contributed by atoms with Crippen LogP contribution in [0.5, 0.6) is 5.75 Å². The van der Waals surface area contributed by atoms with E-state index in [0.717, 1.165) is 10.7 Å². The Balaban J connectivity index is 2.08. The van der Waals surface area contributed by atoms with Crippen molar-refractivity contribution >= 4 is 28.9 Å². The Bertz CT molecular complexity index is 883. The summed E-state index contributed by atoms with van der Waals surface area (Å²) in [5.74, 6) is -0.461. The number of amides is 1. The number of halogens is 4. The molecule has 0 fully saturated rings. The summed E-state index contributed by atoms with van der Waals surface area (Å²) in [5, 5.41) is 16.1. The summed E-state index contributed by atoms with van der Waals surface area (Å²) in [6, 6.07) is 3.63. The third kappa shape index (κ3) is 4.67. The van der Waals surface area contributed by atoms with Gasteiger partial charge in [0.2, 0.25) is 5.91 Å². The minimum atomic E-state index is -4.69. The van der Waals surface area contributed by atoms with Crippen molar-refractivity contribution in [1.82, 2.24) is 9.78 Å². The molecule has 2 rings (SSSR count). The first-order valence-corrected chi connectivity index (χ1v) is 7.84. The van der Waals surface area contributed by atoms with Gasteiger partial charge in [-0.05, 0) is 13.0 Å². The fourth-order valence-electron chi connectivity index (χ4n) is 2.24. The van der Waals surface area contributed by atoms with Crippen molar-refractivity contribution in [3.05, 3.63) is 44.7 Å². The fraction of sp³-hybridized carbons (Fsp3) is 0.333. The predicted octanol–water partition coefficient (Wildman–Crippen LogP) is 3.81. The van der Waals surface area contributed by atoms with Crippen LogP contribution in [0.15, 0.2) is 18.2 Å². The molecule has 1 heterocycles. The largest absolute Gasteiger partial charge is 0.494 e. The third-order valence-corrected chi connectivity index (χ3v) is 4.08. The highest BCUT2D eigenvalue weighted by Gasteiger charge is 2.38. The second-order valence-electron chi connectivity index (χ2n) is 5.41. The Morgan fingerprint density at radius 1 is 1.44 bits per heavy atom. The lowest BCUT2D eigenvalue weighted by Gasteiger charge is -2.10. The Kier molecular flexibility index (Phi) is 5.94. The normalized spacial score (nSPS) is 11.3. The Hall–Kier alpha value is -2.82. The quantitative estimate of drug-likeness (QED) is 0.581. The average Bonchev–Trinajstić information content (AvgIpc) is 2.88. The molecule has 27 heavy (non-hydrogen) atoms. The van der Waals surface area contributed by atoms with Crippen LogP contribution in [-0.4, -0.2) is 27.7 Å². The van der Waals surface area contributed by atoms with Crippen LogP contribution in [0.3, 0.4) is 0 Å². The highest BCUT2D eigenvalue weighted by molar-refractivity contribution is 6.31. The number of alkyl halides is 3. The number of anilines is 1. The van der Waals surface area contributed by atoms with Crippen LogP contribution in [0.4, 0.5) is 24.5 Å². The lowest BCUT2D eigenvalue weighted by molar-refractivity contribution is -0.384. The van der Waals surface area contributed by atoms with Crippen LogP contribution in [-0.2, 0) is 17.5 Å². The fourth-order valence-corrected chi connectivity index (χ4v) is 2.48. The second kappa shape index (κ2) is 7.82. The van der Waals surface area contributed by atoms with Gasteiger partial charge in [0.1, 0.15) is 5.75 Å². The number of carbonyl (C=O) groups excluding carboxylic acids is 1. The number of non-ortho nitro benzene ring substituents is 1. The summed E-state index contributed by atoms with van der Waals surface area (Å²) in [6.07, 6.45) is -4.89. The Morgan fingerprint density at radius 3 is 2.63 bits per heavy atom. The van der Waals surface area contributed by atoms with Crippen LogP contribution in [0.25, 0.3) is 0 Å². The number of hydrogen-bond acceptors (Lipinski definition) is 5. The van der Waals surface area contributed by atoms with Crippen molar-refractivity contribution < 1.29 is 27.6 Å². The zero-order chi connectivity index (χ0) is 20.4. The van der Waals surface area contributed by atoms with Crippen molar-refractivity contribution in [2.45, 2.75) is 26.1 Å². The van der Waals surface area contributed by atoms with Gasteiger partial charge in [-0.25, -0.2) is 0 Å². The minimum absolute atomic E-state index is 0.0789. The van der Waals surface area contributed by atoms with E-state index in [0.29, 0.717) is 0 Å². The smallest absolute Gasteiger partial charge is 0.436 e. The molecule has 8 nitrogen and oxygen atoms in total. The van der Waals surface area contributed by atoms with Crippen LogP contribution in [0, 0.1) is 17.0 Å². The molecule has 0 atom stereocenters. The van der Waals surface area contributed by atoms with Crippen molar-refractivity contribution in [2.75, 3.05) is 12.4 Å². The summed E-state index contributed by atoms with van der Waals surface area (Å²) < 4.78 is 44.4. The van der Waals surface area contributed by atoms with Gasteiger partial charge < -0.3 is 10.1 Å². The summed E-state index contributed by atoms with van der Waals surface area (Å²) in [5.41, 5.74) is -1.14. The molecule has 0 aliphatic heterocycles. The maximum absolute atomic E-state index is 12.8. The molecule has 2 aromatic rings. The number of nitro groups is 1. The van der Waals surface area contributed by atoms with Gasteiger partial charge in [0, 0.05) is 12.5 Å². The minimum Gasteiger partial charge on any atom is -0.494 e. The number of ether oxygens (including phenoxy) is 1. The molecule has 0 saturated heterocycles. The number of nitrogens with one attached hydrogen (secondary N) is 1. The molecule has 0 aliphatic carbocycles. The number of hydrogen-bond donors (Lipinski definition) is 1. The highest BCUT2D eigenvalue weighted by Crippen LogP contribution is 2.35. The molecule has 1 N–H and O–H groups in total. The van der Waals surface area contributed by atoms with Crippen LogP contribution >= 0.6 is 11.6 Å². The molecule has 146 valence electrons. The molecule has 1 aromatic carbocycles. The zero-order valence-corrected chi connectivity index (χ0v) is 14.9. The molecule has 0 saturated carbocycles. The number of aryl methyl sites for hydroxylation is 1. The lowest BCUT2D eigenvalue weighted by atomic mass is 10.2. The summed E-state index contributed by atoms with van der Waals surface area (Å²) >= 11 is 5.65. The standard InChI is InChI=1S/C15H14ClF3N4O4/c1-8-13(16)14(15(17,18)19)21-22(8)6-5-12(24)20-10-4-3-9(23(25)26)7-11(10)27-2/h3-4,7H,5-6H2,1-2H3,(H,20,24). The second-order valence-corrected chi connectivity index (χ2v) is 5.79. The van der Waals surface area contributed by atoms with E-state index in [1.54, 1.807) is 0 Å². The van der Waals surface area contributed by atoms with Crippen LogP contribution in [0.1, 0.15) is 17.8 Å². The molecule has 12 heteroatoms. The van der Waals surface area contributed by atoms with Crippen molar-refractivity contribution in [1.29, 1.82) is 0 Å². The van der Waals surface area contributed by atoms with E-state index in [1.165, 1.54) is 26.2 Å². The van der Waals surface area contributed by atoms with E-state index >= 15 is 0 Å². The Labute approximate surface area is 156 Å². The van der Waals surface area contributed by atoms with E-state index in [9.17, 15) is 28.1 Å². The number of nitro benzene ring substituents is 1. The van der Waals surface area contributed by atoms with Gasteiger partial charge in [0.05, 0.1) is 41.0 Å². The molecule has 0 bridgehead atoms. The van der Waals surface area contributed by atoms with E-state index in [1.807, 2.05) is 0 Å². The molecule has 1 amide bonds. The third-order valence-electron chi connectivity index (χ3n) is 3.62. The lowest BCUT2D eigenvalue weighted by Crippen LogP contribution is -2.16. The molecule has 1 aromatic heterocycles. The highest BCUT2D eigenvalue weighted by atomic mass is 35.5. The SMILES string of the molecule is COc1cc([N+](=O)[O-])ccc1NC(=O)CCn1nc(C(F)(F)F)c(Cl)c1C. The average molecular weight is 407 g/mol. The van der Waals surface area contributed by atoms with Crippen LogP contribution < -0.4 is 10.1 Å². The number of benzene rings is 1. The first kappa shape index (κ1) is 20.5. The molecular weight excluding hydrogens is 393 g/mol. The first-order chi connectivity index (χ1) is 12.5. The van der Waals surface area contributed by atoms with Crippen molar-refractivity contribution in [3.63, 3.8) is 0 Å².